The Morgan fingerprint density at radius 3 is 2.24 bits per heavy atom. The van der Waals surface area contributed by atoms with E-state index < -0.39 is 47.3 Å². The minimum absolute atomic E-state index is 0.0221. The maximum atomic E-state index is 13.7. The third-order valence-corrected chi connectivity index (χ3v) is 6.85. The van der Waals surface area contributed by atoms with Crippen molar-refractivity contribution < 1.29 is 19.2 Å². The highest BCUT2D eigenvalue weighted by molar-refractivity contribution is 6.19. The SMILES string of the molecule is CC(C)C[C@H](NC(=O)c1ccc2ncccc2c1)C(=O)CC(=O)C(N)(N)C(=O)C(c1ccccc1)c1ccccn1. The number of fused-ring (bicyclic) bond motifs is 1. The molecule has 2 aromatic carbocycles. The van der Waals surface area contributed by atoms with Crippen LogP contribution < -0.4 is 16.8 Å². The number of amides is 1. The zero-order chi connectivity index (χ0) is 29.6. The first-order chi connectivity index (χ1) is 19.6. The second kappa shape index (κ2) is 12.7. The van der Waals surface area contributed by atoms with Crippen molar-refractivity contribution in [2.45, 2.75) is 44.3 Å². The van der Waals surface area contributed by atoms with Crippen molar-refractivity contribution in [3.8, 4) is 0 Å². The van der Waals surface area contributed by atoms with Crippen LogP contribution in [-0.4, -0.2) is 44.9 Å². The van der Waals surface area contributed by atoms with Crippen molar-refractivity contribution in [2.75, 3.05) is 0 Å². The fourth-order valence-corrected chi connectivity index (χ4v) is 4.65. The number of pyridine rings is 2. The number of Topliss-reactive ketones (excluding diaryl/α,β-unsaturated/α-hetero) is 3. The molecule has 0 aliphatic carbocycles. The summed E-state index contributed by atoms with van der Waals surface area (Å²) in [6.45, 7) is 3.79. The summed E-state index contributed by atoms with van der Waals surface area (Å²) in [7, 11) is 0. The highest BCUT2D eigenvalue weighted by atomic mass is 16.2. The van der Waals surface area contributed by atoms with Crippen LogP contribution in [0.15, 0.2) is 91.3 Å². The molecule has 4 aromatic rings. The quantitative estimate of drug-likeness (QED) is 0.179. The first-order valence-corrected chi connectivity index (χ1v) is 13.4. The average molecular weight is 552 g/mol. The van der Waals surface area contributed by atoms with Gasteiger partial charge in [-0.2, -0.15) is 0 Å². The Labute approximate surface area is 238 Å². The topological polar surface area (TPSA) is 158 Å². The van der Waals surface area contributed by atoms with E-state index in [-0.39, 0.29) is 12.3 Å². The monoisotopic (exact) mass is 551 g/mol. The zero-order valence-corrected chi connectivity index (χ0v) is 23.0. The van der Waals surface area contributed by atoms with Crippen molar-refractivity contribution in [3.05, 3.63) is 108 Å². The van der Waals surface area contributed by atoms with Crippen molar-refractivity contribution in [2.24, 2.45) is 17.4 Å². The van der Waals surface area contributed by atoms with Crippen LogP contribution in [0, 0.1) is 5.92 Å². The molecule has 0 bridgehead atoms. The molecule has 0 aliphatic rings. The van der Waals surface area contributed by atoms with Crippen molar-refractivity contribution in [3.63, 3.8) is 0 Å². The number of aromatic nitrogens is 2. The molecule has 210 valence electrons. The number of hydrogen-bond acceptors (Lipinski definition) is 8. The molecule has 5 N–H and O–H groups in total. The number of nitrogens with two attached hydrogens (primary N) is 2. The van der Waals surface area contributed by atoms with Crippen molar-refractivity contribution >= 4 is 34.2 Å². The summed E-state index contributed by atoms with van der Waals surface area (Å²) in [6, 6.07) is 21.5. The van der Waals surface area contributed by atoms with Gasteiger partial charge in [0.25, 0.3) is 5.91 Å². The van der Waals surface area contributed by atoms with Crippen LogP contribution in [0.1, 0.15) is 54.2 Å². The highest BCUT2D eigenvalue weighted by Gasteiger charge is 2.44. The molecular weight excluding hydrogens is 518 g/mol. The van der Waals surface area contributed by atoms with Gasteiger partial charge in [0, 0.05) is 23.3 Å². The highest BCUT2D eigenvalue weighted by Crippen LogP contribution is 2.27. The molecule has 0 radical (unpaired) electrons. The lowest BCUT2D eigenvalue weighted by Gasteiger charge is -2.27. The molecule has 0 spiro atoms. The van der Waals surface area contributed by atoms with Gasteiger partial charge in [-0.3, -0.25) is 29.1 Å². The molecule has 9 heteroatoms. The summed E-state index contributed by atoms with van der Waals surface area (Å²) >= 11 is 0. The Kier molecular flexibility index (Phi) is 9.11. The lowest BCUT2D eigenvalue weighted by atomic mass is 9.82. The maximum absolute atomic E-state index is 13.7. The van der Waals surface area contributed by atoms with E-state index in [2.05, 4.69) is 15.3 Å². The van der Waals surface area contributed by atoms with E-state index in [1.54, 1.807) is 79.0 Å². The van der Waals surface area contributed by atoms with Gasteiger partial charge in [-0.25, -0.2) is 0 Å². The number of carbonyl (C=O) groups excluding carboxylic acids is 4. The number of ketones is 3. The van der Waals surface area contributed by atoms with E-state index in [0.717, 1.165) is 10.9 Å². The number of nitrogens with one attached hydrogen (secondary N) is 1. The third-order valence-electron chi connectivity index (χ3n) is 6.85. The van der Waals surface area contributed by atoms with Gasteiger partial charge in [0.2, 0.25) is 0 Å². The molecular formula is C32H33N5O4. The smallest absolute Gasteiger partial charge is 0.251 e. The molecule has 4 rings (SSSR count). The maximum Gasteiger partial charge on any atom is 0.251 e. The summed E-state index contributed by atoms with van der Waals surface area (Å²) in [5.74, 6) is -3.77. The van der Waals surface area contributed by atoms with E-state index in [9.17, 15) is 19.2 Å². The van der Waals surface area contributed by atoms with E-state index in [0.29, 0.717) is 16.8 Å². The van der Waals surface area contributed by atoms with E-state index in [1.165, 1.54) is 6.20 Å². The largest absolute Gasteiger partial charge is 0.342 e. The lowest BCUT2D eigenvalue weighted by molar-refractivity contribution is -0.137. The van der Waals surface area contributed by atoms with Gasteiger partial charge in [-0.1, -0.05) is 56.3 Å². The molecule has 2 heterocycles. The Hall–Kier alpha value is -4.60. The molecule has 0 saturated carbocycles. The average Bonchev–Trinajstić information content (AvgIpc) is 2.97. The molecule has 9 nitrogen and oxygen atoms in total. The van der Waals surface area contributed by atoms with E-state index in [4.69, 9.17) is 11.5 Å². The molecule has 0 saturated heterocycles. The van der Waals surface area contributed by atoms with Gasteiger partial charge < -0.3 is 16.8 Å². The van der Waals surface area contributed by atoms with Gasteiger partial charge in [-0.05, 0) is 54.3 Å². The lowest BCUT2D eigenvalue weighted by Crippen LogP contribution is -2.64. The number of nitrogens with zero attached hydrogens (tertiary/aromatic N) is 2. The summed E-state index contributed by atoms with van der Waals surface area (Å²) in [5.41, 5.74) is 11.9. The molecule has 2 aromatic heterocycles. The molecule has 0 fully saturated rings. The zero-order valence-electron chi connectivity index (χ0n) is 23.0. The third kappa shape index (κ3) is 6.95. The molecule has 2 atom stereocenters. The first-order valence-electron chi connectivity index (χ1n) is 13.4. The van der Waals surface area contributed by atoms with Crippen LogP contribution in [-0.2, 0) is 14.4 Å². The van der Waals surface area contributed by atoms with E-state index >= 15 is 0 Å². The Balaban J connectivity index is 1.53. The number of hydrogen-bond donors (Lipinski definition) is 3. The van der Waals surface area contributed by atoms with Crippen molar-refractivity contribution in [1.82, 2.24) is 15.3 Å². The molecule has 1 amide bonds. The molecule has 41 heavy (non-hydrogen) atoms. The van der Waals surface area contributed by atoms with Crippen LogP contribution in [0.5, 0.6) is 0 Å². The van der Waals surface area contributed by atoms with Crippen LogP contribution in [0.25, 0.3) is 10.9 Å². The first kappa shape index (κ1) is 29.4. The van der Waals surface area contributed by atoms with Crippen LogP contribution in [0.2, 0.25) is 0 Å². The minimum Gasteiger partial charge on any atom is -0.342 e. The predicted octanol–water partition coefficient (Wildman–Crippen LogP) is 3.32. The Morgan fingerprint density at radius 1 is 0.854 bits per heavy atom. The Morgan fingerprint density at radius 2 is 1.56 bits per heavy atom. The molecule has 1 unspecified atom stereocenters. The number of carbonyl (C=O) groups is 4. The van der Waals surface area contributed by atoms with Gasteiger partial charge in [0.05, 0.1) is 29.6 Å². The van der Waals surface area contributed by atoms with Gasteiger partial charge >= 0.3 is 0 Å². The normalized spacial score (nSPS) is 13.0. The number of rotatable bonds is 12. The molecule has 0 aliphatic heterocycles. The summed E-state index contributed by atoms with van der Waals surface area (Å²) in [5, 5.41) is 3.53. The fraction of sp³-hybridized carbons (Fsp3) is 0.250. The van der Waals surface area contributed by atoms with Crippen LogP contribution in [0.3, 0.4) is 0 Å². The van der Waals surface area contributed by atoms with Crippen molar-refractivity contribution in [1.29, 1.82) is 0 Å². The van der Waals surface area contributed by atoms with Gasteiger partial charge in [0.1, 0.15) is 0 Å². The standard InChI is InChI=1S/C32H33N5O4/c1-20(2)17-26(37-31(41)23-13-14-24-22(18-23)11-8-16-35-24)27(38)19-28(39)32(33,34)30(40)29(21-9-4-3-5-10-21)25-12-6-7-15-36-25/h3-16,18,20,26,29H,17,19,33-34H2,1-2H3,(H,37,41)/t26-,29?/m0/s1. The second-order valence-corrected chi connectivity index (χ2v) is 10.5. The van der Waals surface area contributed by atoms with E-state index in [1.807, 2.05) is 19.9 Å². The summed E-state index contributed by atoms with van der Waals surface area (Å²) in [4.78, 5) is 62.1. The summed E-state index contributed by atoms with van der Waals surface area (Å²) < 4.78 is 0. The minimum atomic E-state index is -2.47. The second-order valence-electron chi connectivity index (χ2n) is 10.5. The number of benzene rings is 2. The fourth-order valence-electron chi connectivity index (χ4n) is 4.65. The predicted molar refractivity (Wildman–Crippen MR) is 156 cm³/mol. The Bertz CT molecular complexity index is 1510. The van der Waals surface area contributed by atoms with Crippen LogP contribution in [0.4, 0.5) is 0 Å². The van der Waals surface area contributed by atoms with Gasteiger partial charge in [0.15, 0.2) is 23.0 Å². The summed E-state index contributed by atoms with van der Waals surface area (Å²) in [6.07, 6.45) is 2.75. The van der Waals surface area contributed by atoms with Crippen LogP contribution >= 0.6 is 0 Å². The van der Waals surface area contributed by atoms with Gasteiger partial charge in [-0.15, -0.1) is 0 Å².